The lowest BCUT2D eigenvalue weighted by Gasteiger charge is -2.31. The highest BCUT2D eigenvalue weighted by Crippen LogP contribution is 2.13. The molecule has 0 aromatic rings. The summed E-state index contributed by atoms with van der Waals surface area (Å²) in [4.78, 5) is 11.8. The molecule has 7 heteroatoms. The topological polar surface area (TPSA) is 89.3 Å². The Hall–Kier alpha value is -0.330. The van der Waals surface area contributed by atoms with Crippen molar-refractivity contribution >= 4 is 28.2 Å². The Morgan fingerprint density at radius 3 is 2.10 bits per heavy atom. The van der Waals surface area contributed by atoms with Crippen molar-refractivity contribution in [3.63, 3.8) is 0 Å². The van der Waals surface area contributed by atoms with Crippen LogP contribution in [-0.2, 0) is 14.6 Å². The molecular weight excluding hydrogens is 300 g/mol. The van der Waals surface area contributed by atoms with Gasteiger partial charge in [-0.05, 0) is 18.8 Å². The fourth-order valence-electron chi connectivity index (χ4n) is 1.96. The van der Waals surface area contributed by atoms with Crippen molar-refractivity contribution < 1.29 is 13.2 Å². The molecule has 0 atom stereocenters. The van der Waals surface area contributed by atoms with E-state index in [1.807, 2.05) is 27.7 Å². The minimum Gasteiger partial charge on any atom is -0.349 e. The zero-order chi connectivity index (χ0) is 15.1. The van der Waals surface area contributed by atoms with Crippen molar-refractivity contribution in [3.8, 4) is 0 Å². The highest BCUT2D eigenvalue weighted by molar-refractivity contribution is 7.91. The molecule has 0 heterocycles. The van der Waals surface area contributed by atoms with E-state index in [2.05, 4.69) is 5.32 Å². The Morgan fingerprint density at radius 1 is 1.25 bits per heavy atom. The van der Waals surface area contributed by atoms with Gasteiger partial charge in [-0.15, -0.1) is 12.4 Å². The number of hydrogen-bond acceptors (Lipinski definition) is 4. The van der Waals surface area contributed by atoms with Crippen LogP contribution in [0.4, 0.5) is 0 Å². The molecule has 1 amide bonds. The molecule has 122 valence electrons. The molecule has 0 aromatic carbocycles. The number of halogens is 1. The van der Waals surface area contributed by atoms with Crippen molar-refractivity contribution in [2.75, 3.05) is 18.1 Å². The molecule has 0 spiro atoms. The average Bonchev–Trinajstić information content (AvgIpc) is 2.32. The maximum Gasteiger partial charge on any atom is 0.221 e. The maximum atomic E-state index is 11.8. The van der Waals surface area contributed by atoms with Crippen LogP contribution in [0, 0.1) is 5.92 Å². The van der Waals surface area contributed by atoms with Gasteiger partial charge in [-0.3, -0.25) is 4.79 Å². The van der Waals surface area contributed by atoms with Gasteiger partial charge in [0, 0.05) is 13.0 Å². The molecule has 0 aliphatic rings. The summed E-state index contributed by atoms with van der Waals surface area (Å²) in [7, 11) is -3.14. The number of sulfone groups is 1. The predicted octanol–water partition coefficient (Wildman–Crippen LogP) is 1.50. The number of carbonyl (C=O) groups is 1. The molecule has 3 N–H and O–H groups in total. The quantitative estimate of drug-likeness (QED) is 0.671. The van der Waals surface area contributed by atoms with Crippen LogP contribution in [0.3, 0.4) is 0 Å². The van der Waals surface area contributed by atoms with Gasteiger partial charge in [0.2, 0.25) is 5.91 Å². The second-order valence-corrected chi connectivity index (χ2v) is 7.73. The zero-order valence-corrected chi connectivity index (χ0v) is 14.6. The zero-order valence-electron chi connectivity index (χ0n) is 12.9. The first-order chi connectivity index (χ1) is 8.70. The van der Waals surface area contributed by atoms with Gasteiger partial charge < -0.3 is 11.1 Å². The van der Waals surface area contributed by atoms with Gasteiger partial charge in [0.1, 0.15) is 0 Å². The third kappa shape index (κ3) is 8.07. The van der Waals surface area contributed by atoms with Gasteiger partial charge in [-0.1, -0.05) is 27.7 Å². The fraction of sp³-hybridized carbons (Fsp3) is 0.923. The van der Waals surface area contributed by atoms with Crippen LogP contribution >= 0.6 is 12.4 Å². The molecule has 0 saturated carbocycles. The molecular formula is C13H29ClN2O3S. The van der Waals surface area contributed by atoms with E-state index in [1.54, 1.807) is 0 Å². The first-order valence-corrected chi connectivity index (χ1v) is 8.74. The molecule has 0 unspecified atom stereocenters. The Morgan fingerprint density at radius 2 is 1.75 bits per heavy atom. The lowest BCUT2D eigenvalue weighted by atomic mass is 9.93. The van der Waals surface area contributed by atoms with Crippen LogP contribution in [0.5, 0.6) is 0 Å². The fourth-order valence-corrected chi connectivity index (χ4v) is 3.64. The maximum absolute atomic E-state index is 11.8. The van der Waals surface area contributed by atoms with Gasteiger partial charge >= 0.3 is 0 Å². The van der Waals surface area contributed by atoms with Crippen LogP contribution in [0.25, 0.3) is 0 Å². The number of nitrogens with one attached hydrogen (secondary N) is 1. The SMILES string of the molecule is CCC(CC)(CN)NC(=O)CCS(=O)(=O)CC(C)C.Cl. The van der Waals surface area contributed by atoms with Gasteiger partial charge in [-0.2, -0.15) is 0 Å². The van der Waals surface area contributed by atoms with Crippen molar-refractivity contribution in [3.05, 3.63) is 0 Å². The number of nitrogens with two attached hydrogens (primary N) is 1. The summed E-state index contributed by atoms with van der Waals surface area (Å²) < 4.78 is 23.4. The molecule has 0 aliphatic carbocycles. The van der Waals surface area contributed by atoms with E-state index in [0.29, 0.717) is 6.54 Å². The third-order valence-corrected chi connectivity index (χ3v) is 5.38. The Balaban J connectivity index is 0. The van der Waals surface area contributed by atoms with Crippen LogP contribution in [-0.4, -0.2) is 37.9 Å². The summed E-state index contributed by atoms with van der Waals surface area (Å²) in [6, 6.07) is 0. The second kappa shape index (κ2) is 9.58. The lowest BCUT2D eigenvalue weighted by molar-refractivity contribution is -0.122. The van der Waals surface area contributed by atoms with Crippen LogP contribution < -0.4 is 11.1 Å². The van der Waals surface area contributed by atoms with E-state index in [0.717, 1.165) is 12.8 Å². The first kappa shape index (κ1) is 22.0. The number of amides is 1. The van der Waals surface area contributed by atoms with E-state index >= 15 is 0 Å². The second-order valence-electron chi connectivity index (χ2n) is 5.50. The van der Waals surface area contributed by atoms with Crippen molar-refractivity contribution in [2.45, 2.75) is 52.5 Å². The highest BCUT2D eigenvalue weighted by Gasteiger charge is 2.26. The molecule has 5 nitrogen and oxygen atoms in total. The van der Waals surface area contributed by atoms with Gasteiger partial charge in [0.05, 0.1) is 17.0 Å². The summed E-state index contributed by atoms with van der Waals surface area (Å²) in [5.74, 6) is -0.112. The molecule has 20 heavy (non-hydrogen) atoms. The summed E-state index contributed by atoms with van der Waals surface area (Å²) in [6.07, 6.45) is 1.49. The van der Waals surface area contributed by atoms with E-state index in [9.17, 15) is 13.2 Å². The largest absolute Gasteiger partial charge is 0.349 e. The van der Waals surface area contributed by atoms with Crippen LogP contribution in [0.15, 0.2) is 0 Å². The number of hydrogen-bond donors (Lipinski definition) is 2. The molecule has 0 saturated heterocycles. The number of rotatable bonds is 9. The summed E-state index contributed by atoms with van der Waals surface area (Å²) in [6.45, 7) is 8.00. The molecule has 0 aliphatic heterocycles. The average molecular weight is 329 g/mol. The number of carbonyl (C=O) groups excluding carboxylic acids is 1. The highest BCUT2D eigenvalue weighted by atomic mass is 35.5. The van der Waals surface area contributed by atoms with Gasteiger partial charge in [-0.25, -0.2) is 8.42 Å². The Bertz CT molecular complexity index is 371. The smallest absolute Gasteiger partial charge is 0.221 e. The van der Waals surface area contributed by atoms with Gasteiger partial charge in [0.25, 0.3) is 0 Å². The predicted molar refractivity (Wildman–Crippen MR) is 85.9 cm³/mol. The molecule has 0 fully saturated rings. The Labute approximate surface area is 129 Å². The monoisotopic (exact) mass is 328 g/mol. The lowest BCUT2D eigenvalue weighted by Crippen LogP contribution is -2.53. The van der Waals surface area contributed by atoms with Crippen molar-refractivity contribution in [2.24, 2.45) is 11.7 Å². The molecule has 0 radical (unpaired) electrons. The van der Waals surface area contributed by atoms with Crippen LogP contribution in [0.2, 0.25) is 0 Å². The Kier molecular flexibility index (Phi) is 10.5. The molecule has 0 bridgehead atoms. The standard InChI is InChI=1S/C13H28N2O3S.ClH/c1-5-13(6-2,10-14)15-12(16)7-8-19(17,18)9-11(3)4;/h11H,5-10,14H2,1-4H3,(H,15,16);1H. The van der Waals surface area contributed by atoms with Gasteiger partial charge in [0.15, 0.2) is 9.84 Å². The van der Waals surface area contributed by atoms with E-state index in [1.165, 1.54) is 0 Å². The van der Waals surface area contributed by atoms with Crippen molar-refractivity contribution in [1.29, 1.82) is 0 Å². The van der Waals surface area contributed by atoms with E-state index < -0.39 is 15.4 Å². The van der Waals surface area contributed by atoms with E-state index in [-0.39, 0.29) is 42.2 Å². The van der Waals surface area contributed by atoms with E-state index in [4.69, 9.17) is 5.73 Å². The normalized spacial score (nSPS) is 12.1. The summed E-state index contributed by atoms with van der Waals surface area (Å²) >= 11 is 0. The summed E-state index contributed by atoms with van der Waals surface area (Å²) in [5.41, 5.74) is 5.29. The minimum absolute atomic E-state index is 0. The van der Waals surface area contributed by atoms with Crippen LogP contribution in [0.1, 0.15) is 47.0 Å². The minimum atomic E-state index is -3.14. The third-order valence-electron chi connectivity index (χ3n) is 3.38. The summed E-state index contributed by atoms with van der Waals surface area (Å²) in [5, 5.41) is 2.88. The molecule has 0 rings (SSSR count). The molecule has 0 aromatic heterocycles. The first-order valence-electron chi connectivity index (χ1n) is 6.91. The van der Waals surface area contributed by atoms with Crippen molar-refractivity contribution in [1.82, 2.24) is 5.32 Å².